The second kappa shape index (κ2) is 5.04. The Balaban J connectivity index is 2.14. The van der Waals surface area contributed by atoms with Gasteiger partial charge in [-0.3, -0.25) is 0 Å². The van der Waals surface area contributed by atoms with Crippen LogP contribution in [0.4, 0.5) is 0 Å². The highest BCUT2D eigenvalue weighted by Crippen LogP contribution is 2.24. The fourth-order valence-corrected chi connectivity index (χ4v) is 2.46. The smallest absolute Gasteiger partial charge is 0.215 e. The first-order valence-electron chi connectivity index (χ1n) is 6.23. The molecular weight excluding hydrogens is 295 g/mol. The van der Waals surface area contributed by atoms with Gasteiger partial charge in [0.2, 0.25) is 5.28 Å². The maximum Gasteiger partial charge on any atom is 0.225 e. The van der Waals surface area contributed by atoms with Gasteiger partial charge in [-0.05, 0) is 35.2 Å². The molecule has 0 amide bonds. The molecule has 0 atom stereocenters. The summed E-state index contributed by atoms with van der Waals surface area (Å²) >= 11 is 11.9. The summed E-state index contributed by atoms with van der Waals surface area (Å²) in [5.74, 6) is 0.490. The first kappa shape index (κ1) is 13.3. The van der Waals surface area contributed by atoms with Gasteiger partial charge in [0.1, 0.15) is 5.15 Å². The standard InChI is InChI=1S/C14H12Cl2N4/c1-8(2)9-3-5-10(6-4-9)20-13-11(7-17-20)12(15)18-14(16)19-13/h3-8H,1-2H3. The summed E-state index contributed by atoms with van der Waals surface area (Å²) in [7, 11) is 0. The molecule has 0 aliphatic carbocycles. The average molecular weight is 307 g/mol. The molecule has 0 bridgehead atoms. The van der Waals surface area contributed by atoms with Crippen LogP contribution in [-0.4, -0.2) is 19.7 Å². The molecule has 102 valence electrons. The van der Waals surface area contributed by atoms with Crippen LogP contribution in [0.2, 0.25) is 10.4 Å². The number of hydrogen-bond donors (Lipinski definition) is 0. The van der Waals surface area contributed by atoms with Crippen LogP contribution in [0.15, 0.2) is 30.5 Å². The first-order chi connectivity index (χ1) is 9.56. The second-order valence-corrected chi connectivity index (χ2v) is 5.52. The minimum absolute atomic E-state index is 0.114. The van der Waals surface area contributed by atoms with Gasteiger partial charge in [0, 0.05) is 0 Å². The second-order valence-electron chi connectivity index (χ2n) is 4.82. The van der Waals surface area contributed by atoms with E-state index in [9.17, 15) is 0 Å². The van der Waals surface area contributed by atoms with Crippen molar-refractivity contribution in [3.63, 3.8) is 0 Å². The molecule has 0 fully saturated rings. The van der Waals surface area contributed by atoms with E-state index in [0.29, 0.717) is 22.1 Å². The van der Waals surface area contributed by atoms with Gasteiger partial charge in [0.05, 0.1) is 17.3 Å². The van der Waals surface area contributed by atoms with Gasteiger partial charge < -0.3 is 0 Å². The van der Waals surface area contributed by atoms with Crippen molar-refractivity contribution in [2.24, 2.45) is 0 Å². The lowest BCUT2D eigenvalue weighted by Crippen LogP contribution is -1.99. The molecule has 0 saturated carbocycles. The molecule has 6 heteroatoms. The summed E-state index contributed by atoms with van der Waals surface area (Å²) in [4.78, 5) is 8.11. The number of nitrogens with zero attached hydrogens (tertiary/aromatic N) is 4. The van der Waals surface area contributed by atoms with Crippen molar-refractivity contribution in [3.05, 3.63) is 46.5 Å². The van der Waals surface area contributed by atoms with Crippen LogP contribution >= 0.6 is 23.2 Å². The largest absolute Gasteiger partial charge is 0.225 e. The van der Waals surface area contributed by atoms with Crippen molar-refractivity contribution in [1.29, 1.82) is 0 Å². The van der Waals surface area contributed by atoms with E-state index in [-0.39, 0.29) is 5.28 Å². The Labute approximate surface area is 126 Å². The van der Waals surface area contributed by atoms with Crippen molar-refractivity contribution in [1.82, 2.24) is 19.7 Å². The van der Waals surface area contributed by atoms with Gasteiger partial charge in [-0.25, -0.2) is 9.67 Å². The molecule has 0 N–H and O–H groups in total. The van der Waals surface area contributed by atoms with Crippen LogP contribution in [0.3, 0.4) is 0 Å². The topological polar surface area (TPSA) is 43.6 Å². The summed E-state index contributed by atoms with van der Waals surface area (Å²) in [5.41, 5.74) is 2.79. The summed E-state index contributed by atoms with van der Waals surface area (Å²) in [6.07, 6.45) is 1.64. The number of rotatable bonds is 2. The average Bonchev–Trinajstić information content (AvgIpc) is 2.82. The Bertz CT molecular complexity index is 763. The Kier molecular flexibility index (Phi) is 3.36. The van der Waals surface area contributed by atoms with Gasteiger partial charge >= 0.3 is 0 Å². The molecule has 0 saturated heterocycles. The number of fused-ring (bicyclic) bond motifs is 1. The Morgan fingerprint density at radius 1 is 1.05 bits per heavy atom. The van der Waals surface area contributed by atoms with Crippen molar-refractivity contribution in [2.45, 2.75) is 19.8 Å². The van der Waals surface area contributed by atoms with Crippen molar-refractivity contribution < 1.29 is 0 Å². The number of halogens is 2. The van der Waals surface area contributed by atoms with Crippen LogP contribution < -0.4 is 0 Å². The van der Waals surface area contributed by atoms with E-state index in [1.807, 2.05) is 12.1 Å². The van der Waals surface area contributed by atoms with Crippen LogP contribution in [0.1, 0.15) is 25.3 Å². The minimum Gasteiger partial charge on any atom is -0.215 e. The zero-order chi connectivity index (χ0) is 14.3. The predicted molar refractivity (Wildman–Crippen MR) is 80.8 cm³/mol. The third-order valence-electron chi connectivity index (χ3n) is 3.16. The third kappa shape index (κ3) is 2.25. The zero-order valence-electron chi connectivity index (χ0n) is 11.0. The molecule has 0 unspecified atom stereocenters. The Hall–Kier alpha value is -1.65. The van der Waals surface area contributed by atoms with E-state index in [0.717, 1.165) is 5.69 Å². The normalized spacial score (nSPS) is 11.4. The molecule has 0 radical (unpaired) electrons. The summed E-state index contributed by atoms with van der Waals surface area (Å²) < 4.78 is 1.71. The maximum atomic E-state index is 6.04. The molecule has 1 aromatic carbocycles. The molecule has 4 nitrogen and oxygen atoms in total. The highest BCUT2D eigenvalue weighted by Gasteiger charge is 2.12. The van der Waals surface area contributed by atoms with Crippen molar-refractivity contribution in [2.75, 3.05) is 0 Å². The molecule has 20 heavy (non-hydrogen) atoms. The number of aromatic nitrogens is 4. The van der Waals surface area contributed by atoms with Crippen molar-refractivity contribution >= 4 is 34.2 Å². The highest BCUT2D eigenvalue weighted by atomic mass is 35.5. The molecule has 0 spiro atoms. The van der Waals surface area contributed by atoms with E-state index in [1.54, 1.807) is 10.9 Å². The van der Waals surface area contributed by atoms with E-state index in [4.69, 9.17) is 23.2 Å². The quantitative estimate of drug-likeness (QED) is 0.525. The van der Waals surface area contributed by atoms with E-state index >= 15 is 0 Å². The molecule has 3 aromatic rings. The third-order valence-corrected chi connectivity index (χ3v) is 3.62. The van der Waals surface area contributed by atoms with Crippen molar-refractivity contribution in [3.8, 4) is 5.69 Å². The van der Waals surface area contributed by atoms with Gasteiger partial charge in [-0.2, -0.15) is 10.1 Å². The number of hydrogen-bond acceptors (Lipinski definition) is 3. The molecule has 2 aromatic heterocycles. The fraction of sp³-hybridized carbons (Fsp3) is 0.214. The lowest BCUT2D eigenvalue weighted by atomic mass is 10.0. The van der Waals surface area contributed by atoms with Gasteiger partial charge in [0.25, 0.3) is 0 Å². The number of benzene rings is 1. The molecule has 0 aliphatic heterocycles. The first-order valence-corrected chi connectivity index (χ1v) is 6.99. The maximum absolute atomic E-state index is 6.04. The minimum atomic E-state index is 0.114. The lowest BCUT2D eigenvalue weighted by molar-refractivity contribution is 0.858. The SMILES string of the molecule is CC(C)c1ccc(-n2ncc3c(Cl)nc(Cl)nc32)cc1. The zero-order valence-corrected chi connectivity index (χ0v) is 12.5. The van der Waals surface area contributed by atoms with Gasteiger partial charge in [-0.15, -0.1) is 0 Å². The Morgan fingerprint density at radius 3 is 2.40 bits per heavy atom. The van der Waals surface area contributed by atoms with E-state index in [1.165, 1.54) is 5.56 Å². The molecule has 3 rings (SSSR count). The fourth-order valence-electron chi connectivity index (χ4n) is 2.04. The molecule has 2 heterocycles. The monoisotopic (exact) mass is 306 g/mol. The highest BCUT2D eigenvalue weighted by molar-refractivity contribution is 6.35. The summed E-state index contributed by atoms with van der Waals surface area (Å²) in [5, 5.41) is 5.42. The van der Waals surface area contributed by atoms with Crippen LogP contribution in [0.25, 0.3) is 16.7 Å². The Morgan fingerprint density at radius 2 is 1.75 bits per heavy atom. The van der Waals surface area contributed by atoms with Gasteiger partial charge in [0.15, 0.2) is 5.65 Å². The lowest BCUT2D eigenvalue weighted by Gasteiger charge is -2.07. The van der Waals surface area contributed by atoms with Crippen LogP contribution in [0, 0.1) is 0 Å². The molecular formula is C14H12Cl2N4. The van der Waals surface area contributed by atoms with Gasteiger partial charge in [-0.1, -0.05) is 37.6 Å². The van der Waals surface area contributed by atoms with Crippen LogP contribution in [0.5, 0.6) is 0 Å². The van der Waals surface area contributed by atoms with E-state index < -0.39 is 0 Å². The predicted octanol–water partition coefficient (Wildman–Crippen LogP) is 4.25. The van der Waals surface area contributed by atoms with E-state index in [2.05, 4.69) is 41.0 Å². The molecule has 0 aliphatic rings. The van der Waals surface area contributed by atoms with Crippen LogP contribution in [-0.2, 0) is 0 Å². The summed E-state index contributed by atoms with van der Waals surface area (Å²) in [6.45, 7) is 4.32. The summed E-state index contributed by atoms with van der Waals surface area (Å²) in [6, 6.07) is 8.17.